The van der Waals surface area contributed by atoms with Crippen LogP contribution < -0.4 is 10.1 Å². The van der Waals surface area contributed by atoms with Gasteiger partial charge in [0.1, 0.15) is 11.4 Å². The molecule has 0 radical (unpaired) electrons. The number of hydrogen-bond donors (Lipinski definition) is 2. The van der Waals surface area contributed by atoms with Gasteiger partial charge in [0.05, 0.1) is 25.4 Å². The maximum atomic E-state index is 13.2. The Morgan fingerprint density at radius 3 is 2.84 bits per heavy atom. The van der Waals surface area contributed by atoms with Crippen molar-refractivity contribution in [2.24, 2.45) is 0 Å². The lowest BCUT2D eigenvalue weighted by molar-refractivity contribution is 0.0511. The molecule has 1 fully saturated rings. The standard InChI is InChI=1S/C22H27F2N3O4/c1-29-12-31-19-10-13(21(23)24)6-7-15(19)20-14-8-9-30-11-16(14)22(27-26-20)25-17-4-2-3-5-18(17)28/h6-7,10,17-18,21,28H,2-5,8-9,11-12H2,1H3,(H,25,27)/t17-,18-/m1/s1. The molecule has 1 aromatic carbocycles. The molecule has 2 heterocycles. The van der Waals surface area contributed by atoms with Crippen LogP contribution in [0.5, 0.6) is 5.75 Å². The topological polar surface area (TPSA) is 85.7 Å². The number of aliphatic hydroxyl groups is 1. The van der Waals surface area contributed by atoms with E-state index in [0.29, 0.717) is 36.7 Å². The number of halogens is 2. The number of aromatic nitrogens is 2. The van der Waals surface area contributed by atoms with Crippen molar-refractivity contribution in [2.45, 2.75) is 57.3 Å². The third-order valence-corrected chi connectivity index (χ3v) is 5.83. The molecule has 0 unspecified atom stereocenters. The lowest BCUT2D eigenvalue weighted by Crippen LogP contribution is -2.37. The van der Waals surface area contributed by atoms with Gasteiger partial charge in [0, 0.05) is 23.8 Å². The Kier molecular flexibility index (Phi) is 6.94. The van der Waals surface area contributed by atoms with Gasteiger partial charge in [-0.25, -0.2) is 8.78 Å². The van der Waals surface area contributed by atoms with Crippen LogP contribution in [0.3, 0.4) is 0 Å². The molecule has 31 heavy (non-hydrogen) atoms. The Labute approximate surface area is 179 Å². The van der Waals surface area contributed by atoms with Crippen molar-refractivity contribution in [3.8, 4) is 17.0 Å². The molecule has 1 aromatic heterocycles. The summed E-state index contributed by atoms with van der Waals surface area (Å²) in [6.07, 6.45) is 1.28. The minimum absolute atomic E-state index is 0.0718. The lowest BCUT2D eigenvalue weighted by atomic mass is 9.92. The van der Waals surface area contributed by atoms with Gasteiger partial charge in [-0.15, -0.1) is 10.2 Å². The van der Waals surface area contributed by atoms with Gasteiger partial charge in [-0.05, 0) is 37.0 Å². The predicted octanol–water partition coefficient (Wildman–Crippen LogP) is 3.85. The maximum Gasteiger partial charge on any atom is 0.263 e. The number of anilines is 1. The van der Waals surface area contributed by atoms with Gasteiger partial charge in [0.15, 0.2) is 12.6 Å². The van der Waals surface area contributed by atoms with E-state index in [1.807, 2.05) is 0 Å². The van der Waals surface area contributed by atoms with Crippen molar-refractivity contribution < 1.29 is 28.1 Å². The predicted molar refractivity (Wildman–Crippen MR) is 110 cm³/mol. The van der Waals surface area contributed by atoms with E-state index < -0.39 is 12.5 Å². The summed E-state index contributed by atoms with van der Waals surface area (Å²) in [5.41, 5.74) is 2.85. The number of fused-ring (bicyclic) bond motifs is 1. The number of benzene rings is 1. The van der Waals surface area contributed by atoms with Crippen molar-refractivity contribution in [1.82, 2.24) is 10.2 Å². The summed E-state index contributed by atoms with van der Waals surface area (Å²) in [5.74, 6) is 0.874. The van der Waals surface area contributed by atoms with Crippen molar-refractivity contribution in [3.63, 3.8) is 0 Å². The average Bonchev–Trinajstić information content (AvgIpc) is 2.79. The average molecular weight is 435 g/mol. The highest BCUT2D eigenvalue weighted by atomic mass is 19.3. The third kappa shape index (κ3) is 4.78. The molecule has 7 nitrogen and oxygen atoms in total. The summed E-state index contributed by atoms with van der Waals surface area (Å²) in [4.78, 5) is 0. The molecular formula is C22H27F2N3O4. The van der Waals surface area contributed by atoms with E-state index in [0.717, 1.165) is 36.8 Å². The molecule has 168 valence electrons. The SMILES string of the molecule is COCOc1cc(C(F)F)ccc1-c1nnc(N[C@@H]2CCCC[C@H]2O)c2c1CCOC2. The van der Waals surface area contributed by atoms with Gasteiger partial charge >= 0.3 is 0 Å². The van der Waals surface area contributed by atoms with E-state index in [1.165, 1.54) is 19.2 Å². The number of alkyl halides is 2. The van der Waals surface area contributed by atoms with Crippen LogP contribution in [-0.2, 0) is 22.5 Å². The lowest BCUT2D eigenvalue weighted by Gasteiger charge is -2.30. The monoisotopic (exact) mass is 435 g/mol. The first-order valence-corrected chi connectivity index (χ1v) is 10.5. The summed E-state index contributed by atoms with van der Waals surface area (Å²) in [6, 6.07) is 4.20. The zero-order valence-electron chi connectivity index (χ0n) is 17.4. The molecular weight excluding hydrogens is 408 g/mol. The van der Waals surface area contributed by atoms with Crippen molar-refractivity contribution in [2.75, 3.05) is 25.8 Å². The molecule has 0 bridgehead atoms. The van der Waals surface area contributed by atoms with Crippen LogP contribution in [0.1, 0.15) is 48.8 Å². The Bertz CT molecular complexity index is 913. The molecule has 1 saturated carbocycles. The second-order valence-corrected chi connectivity index (χ2v) is 7.87. The first kappa shape index (κ1) is 21.9. The highest BCUT2D eigenvalue weighted by Gasteiger charge is 2.28. The van der Waals surface area contributed by atoms with Crippen LogP contribution in [0.25, 0.3) is 11.3 Å². The number of aliphatic hydroxyl groups excluding tert-OH is 1. The summed E-state index contributed by atoms with van der Waals surface area (Å²) in [6.45, 7) is 0.824. The highest BCUT2D eigenvalue weighted by Crippen LogP contribution is 2.38. The normalized spacial score (nSPS) is 21.1. The van der Waals surface area contributed by atoms with Crippen molar-refractivity contribution in [1.29, 1.82) is 0 Å². The fourth-order valence-corrected chi connectivity index (χ4v) is 4.18. The molecule has 1 aliphatic carbocycles. The number of methoxy groups -OCH3 is 1. The molecule has 0 spiro atoms. The number of rotatable bonds is 7. The minimum Gasteiger partial charge on any atom is -0.467 e. The summed E-state index contributed by atoms with van der Waals surface area (Å²) >= 11 is 0. The van der Waals surface area contributed by atoms with Gasteiger partial charge in [-0.2, -0.15) is 0 Å². The van der Waals surface area contributed by atoms with Crippen LogP contribution in [-0.4, -0.2) is 48.0 Å². The molecule has 2 aliphatic rings. The molecule has 0 amide bonds. The minimum atomic E-state index is -2.61. The van der Waals surface area contributed by atoms with E-state index in [2.05, 4.69) is 15.5 Å². The molecule has 1 aliphatic heterocycles. The zero-order valence-corrected chi connectivity index (χ0v) is 17.4. The fraction of sp³-hybridized carbons (Fsp3) is 0.545. The fourth-order valence-electron chi connectivity index (χ4n) is 4.18. The maximum absolute atomic E-state index is 13.2. The van der Waals surface area contributed by atoms with E-state index in [9.17, 15) is 13.9 Å². The zero-order chi connectivity index (χ0) is 21.8. The van der Waals surface area contributed by atoms with E-state index >= 15 is 0 Å². The number of hydrogen-bond acceptors (Lipinski definition) is 7. The third-order valence-electron chi connectivity index (χ3n) is 5.83. The Hall–Kier alpha value is -2.36. The van der Waals surface area contributed by atoms with Crippen LogP contribution in [0.2, 0.25) is 0 Å². The van der Waals surface area contributed by atoms with Gasteiger partial charge in [-0.1, -0.05) is 18.9 Å². The molecule has 2 aromatic rings. The largest absolute Gasteiger partial charge is 0.467 e. The Morgan fingerprint density at radius 1 is 1.23 bits per heavy atom. The summed E-state index contributed by atoms with van der Waals surface area (Å²) < 4.78 is 42.7. The van der Waals surface area contributed by atoms with Crippen molar-refractivity contribution >= 4 is 5.82 Å². The second kappa shape index (κ2) is 9.84. The van der Waals surface area contributed by atoms with E-state index in [4.69, 9.17) is 14.2 Å². The summed E-state index contributed by atoms with van der Waals surface area (Å²) in [5, 5.41) is 22.5. The first-order valence-electron chi connectivity index (χ1n) is 10.5. The molecule has 0 saturated heterocycles. The van der Waals surface area contributed by atoms with Gasteiger partial charge in [0.25, 0.3) is 6.43 Å². The first-order chi connectivity index (χ1) is 15.1. The molecule has 9 heteroatoms. The Balaban J connectivity index is 1.72. The highest BCUT2D eigenvalue weighted by molar-refractivity contribution is 5.73. The van der Waals surface area contributed by atoms with Gasteiger partial charge in [-0.3, -0.25) is 0 Å². The quantitative estimate of drug-likeness (QED) is 0.639. The Morgan fingerprint density at radius 2 is 2.06 bits per heavy atom. The number of nitrogens with one attached hydrogen (secondary N) is 1. The molecule has 2 N–H and O–H groups in total. The molecule has 4 rings (SSSR count). The van der Waals surface area contributed by atoms with Crippen LogP contribution in [0.15, 0.2) is 18.2 Å². The van der Waals surface area contributed by atoms with Crippen LogP contribution >= 0.6 is 0 Å². The van der Waals surface area contributed by atoms with Crippen LogP contribution in [0, 0.1) is 0 Å². The van der Waals surface area contributed by atoms with Crippen LogP contribution in [0.4, 0.5) is 14.6 Å². The summed E-state index contributed by atoms with van der Waals surface area (Å²) in [7, 11) is 1.47. The van der Waals surface area contributed by atoms with E-state index in [1.54, 1.807) is 6.07 Å². The van der Waals surface area contributed by atoms with Gasteiger partial charge in [0.2, 0.25) is 0 Å². The molecule has 2 atom stereocenters. The number of nitrogens with zero attached hydrogens (tertiary/aromatic N) is 2. The van der Waals surface area contributed by atoms with Gasteiger partial charge < -0.3 is 24.6 Å². The number of ether oxygens (including phenoxy) is 3. The van der Waals surface area contributed by atoms with Crippen molar-refractivity contribution in [3.05, 3.63) is 34.9 Å². The van der Waals surface area contributed by atoms with E-state index in [-0.39, 0.29) is 24.1 Å². The smallest absolute Gasteiger partial charge is 0.263 e. The second-order valence-electron chi connectivity index (χ2n) is 7.87.